The van der Waals surface area contributed by atoms with Gasteiger partial charge in [0.1, 0.15) is 0 Å². The summed E-state index contributed by atoms with van der Waals surface area (Å²) in [4.78, 5) is 14.3. The Kier molecular flexibility index (Phi) is 3.62. The fourth-order valence-electron chi connectivity index (χ4n) is 2.28. The molecule has 3 heteroatoms. The van der Waals surface area contributed by atoms with Crippen LogP contribution in [0.4, 0.5) is 0 Å². The summed E-state index contributed by atoms with van der Waals surface area (Å²) >= 11 is 0. The van der Waals surface area contributed by atoms with Crippen molar-refractivity contribution in [3.8, 4) is 0 Å². The first kappa shape index (κ1) is 10.9. The van der Waals surface area contributed by atoms with Crippen molar-refractivity contribution in [1.82, 2.24) is 10.2 Å². The third-order valence-corrected chi connectivity index (χ3v) is 3.38. The van der Waals surface area contributed by atoms with Crippen molar-refractivity contribution in [2.75, 3.05) is 13.1 Å². The highest BCUT2D eigenvalue weighted by molar-refractivity contribution is 5.82. The number of nitrogens with zero attached hydrogens (tertiary/aromatic N) is 1. The second-order valence-electron chi connectivity index (χ2n) is 4.77. The summed E-state index contributed by atoms with van der Waals surface area (Å²) < 4.78 is 0. The molecule has 0 aromatic rings. The van der Waals surface area contributed by atoms with E-state index in [2.05, 4.69) is 17.1 Å². The minimum atomic E-state index is 0.127. The van der Waals surface area contributed by atoms with Gasteiger partial charge in [-0.3, -0.25) is 4.79 Å². The van der Waals surface area contributed by atoms with Crippen LogP contribution in [-0.2, 0) is 4.79 Å². The Hall–Kier alpha value is -0.570. The van der Waals surface area contributed by atoms with E-state index >= 15 is 0 Å². The summed E-state index contributed by atoms with van der Waals surface area (Å²) in [7, 11) is 0. The fourth-order valence-corrected chi connectivity index (χ4v) is 2.28. The molecule has 1 saturated heterocycles. The van der Waals surface area contributed by atoms with Crippen molar-refractivity contribution in [1.29, 1.82) is 0 Å². The Balaban J connectivity index is 1.87. The van der Waals surface area contributed by atoms with E-state index in [-0.39, 0.29) is 6.04 Å². The van der Waals surface area contributed by atoms with Gasteiger partial charge in [0.05, 0.1) is 6.04 Å². The molecule has 2 aliphatic rings. The monoisotopic (exact) mass is 210 g/mol. The Morgan fingerprint density at radius 1 is 1.40 bits per heavy atom. The van der Waals surface area contributed by atoms with Crippen LogP contribution in [0.5, 0.6) is 0 Å². The van der Waals surface area contributed by atoms with Crippen LogP contribution >= 0.6 is 0 Å². The number of hydrogen-bond donors (Lipinski definition) is 1. The molecule has 0 aromatic heterocycles. The lowest BCUT2D eigenvalue weighted by molar-refractivity contribution is -0.133. The molecule has 1 atom stereocenters. The van der Waals surface area contributed by atoms with Crippen molar-refractivity contribution in [2.45, 2.75) is 57.5 Å². The lowest BCUT2D eigenvalue weighted by atomic mass is 10.2. The molecule has 0 unspecified atom stereocenters. The van der Waals surface area contributed by atoms with Gasteiger partial charge in [0.25, 0.3) is 0 Å². The average molecular weight is 210 g/mol. The molecule has 1 aliphatic carbocycles. The van der Waals surface area contributed by atoms with Crippen LogP contribution in [0.3, 0.4) is 0 Å². The van der Waals surface area contributed by atoms with Crippen LogP contribution < -0.4 is 5.32 Å². The molecule has 1 N–H and O–H groups in total. The second-order valence-corrected chi connectivity index (χ2v) is 4.77. The van der Waals surface area contributed by atoms with E-state index in [1.54, 1.807) is 0 Å². The first-order valence-electron chi connectivity index (χ1n) is 6.36. The lowest BCUT2D eigenvalue weighted by Crippen LogP contribution is -2.45. The molecule has 86 valence electrons. The molecule has 1 saturated carbocycles. The summed E-state index contributed by atoms with van der Waals surface area (Å²) in [5.74, 6) is 0.364. The number of amides is 1. The molecule has 0 bridgehead atoms. The maximum Gasteiger partial charge on any atom is 0.239 e. The van der Waals surface area contributed by atoms with Crippen LogP contribution in [0.15, 0.2) is 0 Å². The molecule has 0 aromatic carbocycles. The van der Waals surface area contributed by atoms with Crippen LogP contribution in [-0.4, -0.2) is 36.0 Å². The Morgan fingerprint density at radius 3 is 2.73 bits per heavy atom. The quantitative estimate of drug-likeness (QED) is 0.746. The molecule has 1 heterocycles. The third-order valence-electron chi connectivity index (χ3n) is 3.38. The third kappa shape index (κ3) is 2.71. The molecule has 0 radical (unpaired) electrons. The number of rotatable bonds is 5. The molecule has 15 heavy (non-hydrogen) atoms. The molecular formula is C12H22N2O. The summed E-state index contributed by atoms with van der Waals surface area (Å²) in [5.41, 5.74) is 0. The van der Waals surface area contributed by atoms with Crippen molar-refractivity contribution < 1.29 is 4.79 Å². The van der Waals surface area contributed by atoms with E-state index < -0.39 is 0 Å². The minimum absolute atomic E-state index is 0.127. The van der Waals surface area contributed by atoms with Gasteiger partial charge in [-0.2, -0.15) is 0 Å². The fraction of sp³-hybridized carbons (Fsp3) is 0.917. The average Bonchev–Trinajstić information content (AvgIpc) is 2.94. The first-order valence-corrected chi connectivity index (χ1v) is 6.36. The van der Waals surface area contributed by atoms with Gasteiger partial charge in [-0.05, 0) is 38.6 Å². The van der Waals surface area contributed by atoms with Gasteiger partial charge in [0.2, 0.25) is 5.91 Å². The zero-order valence-electron chi connectivity index (χ0n) is 9.67. The molecule has 1 aliphatic heterocycles. The topological polar surface area (TPSA) is 32.3 Å². The SMILES string of the molecule is CCCCN(C(=O)[C@@H]1CCCN1)C1CC1. The van der Waals surface area contributed by atoms with E-state index in [1.165, 1.54) is 19.3 Å². The molecule has 2 fully saturated rings. The van der Waals surface area contributed by atoms with Gasteiger partial charge in [0, 0.05) is 12.6 Å². The number of carbonyl (C=O) groups is 1. The van der Waals surface area contributed by atoms with Gasteiger partial charge in [-0.1, -0.05) is 13.3 Å². The highest BCUT2D eigenvalue weighted by Crippen LogP contribution is 2.28. The van der Waals surface area contributed by atoms with Gasteiger partial charge >= 0.3 is 0 Å². The van der Waals surface area contributed by atoms with Crippen molar-refractivity contribution in [3.05, 3.63) is 0 Å². The largest absolute Gasteiger partial charge is 0.338 e. The maximum absolute atomic E-state index is 12.2. The van der Waals surface area contributed by atoms with Gasteiger partial charge < -0.3 is 10.2 Å². The maximum atomic E-state index is 12.2. The van der Waals surface area contributed by atoms with E-state index in [9.17, 15) is 4.79 Å². The number of nitrogens with one attached hydrogen (secondary N) is 1. The molecule has 2 rings (SSSR count). The predicted octanol–water partition coefficient (Wildman–Crippen LogP) is 1.53. The van der Waals surface area contributed by atoms with Crippen LogP contribution in [0, 0.1) is 0 Å². The zero-order valence-corrected chi connectivity index (χ0v) is 9.67. The Morgan fingerprint density at radius 2 is 2.20 bits per heavy atom. The molecule has 0 spiro atoms. The lowest BCUT2D eigenvalue weighted by Gasteiger charge is -2.25. The summed E-state index contributed by atoms with van der Waals surface area (Å²) in [6, 6.07) is 0.703. The van der Waals surface area contributed by atoms with E-state index in [4.69, 9.17) is 0 Å². The predicted molar refractivity (Wildman–Crippen MR) is 60.7 cm³/mol. The van der Waals surface area contributed by atoms with Gasteiger partial charge in [-0.15, -0.1) is 0 Å². The number of unbranched alkanes of at least 4 members (excludes halogenated alkanes) is 1. The molecule has 1 amide bonds. The number of hydrogen-bond acceptors (Lipinski definition) is 2. The first-order chi connectivity index (χ1) is 7.33. The number of carbonyl (C=O) groups excluding carboxylic acids is 1. The minimum Gasteiger partial charge on any atom is -0.338 e. The summed E-state index contributed by atoms with van der Waals surface area (Å²) in [6.07, 6.45) is 6.96. The normalized spacial score (nSPS) is 25.5. The van der Waals surface area contributed by atoms with E-state index in [0.717, 1.165) is 32.4 Å². The zero-order chi connectivity index (χ0) is 10.7. The molecule has 3 nitrogen and oxygen atoms in total. The van der Waals surface area contributed by atoms with Crippen molar-refractivity contribution >= 4 is 5.91 Å². The highest BCUT2D eigenvalue weighted by atomic mass is 16.2. The Labute approximate surface area is 92.2 Å². The van der Waals surface area contributed by atoms with Gasteiger partial charge in [0.15, 0.2) is 0 Å². The standard InChI is InChI=1S/C12H22N2O/c1-2-3-9-14(10-6-7-10)12(15)11-5-4-8-13-11/h10-11,13H,2-9H2,1H3/t11-/m0/s1. The molecular weight excluding hydrogens is 188 g/mol. The van der Waals surface area contributed by atoms with Crippen LogP contribution in [0.1, 0.15) is 45.4 Å². The van der Waals surface area contributed by atoms with E-state index in [0.29, 0.717) is 11.9 Å². The second kappa shape index (κ2) is 4.97. The van der Waals surface area contributed by atoms with Gasteiger partial charge in [-0.25, -0.2) is 0 Å². The summed E-state index contributed by atoms with van der Waals surface area (Å²) in [5, 5.41) is 3.30. The van der Waals surface area contributed by atoms with E-state index in [1.807, 2.05) is 0 Å². The van der Waals surface area contributed by atoms with Crippen molar-refractivity contribution in [3.63, 3.8) is 0 Å². The highest BCUT2D eigenvalue weighted by Gasteiger charge is 2.35. The van der Waals surface area contributed by atoms with Crippen LogP contribution in [0.2, 0.25) is 0 Å². The summed E-state index contributed by atoms with van der Waals surface area (Å²) in [6.45, 7) is 4.17. The van der Waals surface area contributed by atoms with Crippen LogP contribution in [0.25, 0.3) is 0 Å². The smallest absolute Gasteiger partial charge is 0.239 e. The Bertz CT molecular complexity index is 220. The van der Waals surface area contributed by atoms with Crippen molar-refractivity contribution in [2.24, 2.45) is 0 Å².